The van der Waals surface area contributed by atoms with Crippen molar-refractivity contribution in [1.29, 1.82) is 0 Å². The van der Waals surface area contributed by atoms with Crippen molar-refractivity contribution in [2.75, 3.05) is 19.6 Å². The number of hydrogen-bond donors (Lipinski definition) is 2. The zero-order valence-corrected chi connectivity index (χ0v) is 11.1. The molecule has 0 radical (unpaired) electrons. The summed E-state index contributed by atoms with van der Waals surface area (Å²) in [7, 11) is 0. The highest BCUT2D eigenvalue weighted by Crippen LogP contribution is 2.27. The first-order valence-electron chi connectivity index (χ1n) is 5.82. The average molecular weight is 255 g/mol. The van der Waals surface area contributed by atoms with Crippen LogP contribution in [0.3, 0.4) is 0 Å². The van der Waals surface area contributed by atoms with Crippen molar-refractivity contribution < 1.29 is 0 Å². The molecule has 0 aromatic heterocycles. The van der Waals surface area contributed by atoms with E-state index < -0.39 is 0 Å². The first-order chi connectivity index (χ1) is 6.38. The first kappa shape index (κ1) is 15.5. The molecule has 0 bridgehead atoms. The molecule has 2 N–H and O–H groups in total. The standard InChI is InChI=1S/C11H22N2.2ClH/c1-9(11-3-2-6-13-11)10-4-7-12-8-5-10;;/h9-13H,2-8H2,1H3;2*1H. The molecule has 15 heavy (non-hydrogen) atoms. The van der Waals surface area contributed by atoms with E-state index in [-0.39, 0.29) is 24.8 Å². The molecule has 0 aromatic carbocycles. The number of piperidine rings is 1. The Hall–Kier alpha value is 0.500. The lowest BCUT2D eigenvalue weighted by atomic mass is 9.81. The molecule has 2 atom stereocenters. The van der Waals surface area contributed by atoms with Crippen LogP contribution in [0, 0.1) is 11.8 Å². The van der Waals surface area contributed by atoms with Crippen LogP contribution >= 0.6 is 24.8 Å². The molecule has 0 spiro atoms. The molecule has 0 saturated carbocycles. The van der Waals surface area contributed by atoms with Gasteiger partial charge in [-0.2, -0.15) is 0 Å². The van der Waals surface area contributed by atoms with Crippen LogP contribution < -0.4 is 10.6 Å². The van der Waals surface area contributed by atoms with E-state index in [0.717, 1.165) is 17.9 Å². The van der Waals surface area contributed by atoms with Crippen LogP contribution in [0.1, 0.15) is 32.6 Å². The summed E-state index contributed by atoms with van der Waals surface area (Å²) in [5.74, 6) is 1.86. The Kier molecular flexibility index (Phi) is 7.98. The van der Waals surface area contributed by atoms with Crippen LogP contribution in [0.5, 0.6) is 0 Å². The topological polar surface area (TPSA) is 24.1 Å². The third-order valence-electron chi connectivity index (χ3n) is 3.86. The third-order valence-corrected chi connectivity index (χ3v) is 3.86. The fraction of sp³-hybridized carbons (Fsp3) is 1.00. The van der Waals surface area contributed by atoms with Gasteiger partial charge in [0.1, 0.15) is 0 Å². The van der Waals surface area contributed by atoms with Crippen LogP contribution in [-0.2, 0) is 0 Å². The minimum atomic E-state index is 0. The van der Waals surface area contributed by atoms with Gasteiger partial charge in [-0.3, -0.25) is 0 Å². The summed E-state index contributed by atoms with van der Waals surface area (Å²) in [5.41, 5.74) is 0. The third kappa shape index (κ3) is 4.10. The summed E-state index contributed by atoms with van der Waals surface area (Å²) in [5, 5.41) is 7.07. The summed E-state index contributed by atoms with van der Waals surface area (Å²) in [4.78, 5) is 0. The van der Waals surface area contributed by atoms with Crippen LogP contribution in [-0.4, -0.2) is 25.7 Å². The van der Waals surface area contributed by atoms with Gasteiger partial charge in [0, 0.05) is 6.04 Å². The normalized spacial score (nSPS) is 29.0. The van der Waals surface area contributed by atoms with Gasteiger partial charge < -0.3 is 10.6 Å². The van der Waals surface area contributed by atoms with Crippen LogP contribution in [0.2, 0.25) is 0 Å². The smallest absolute Gasteiger partial charge is 0.00958 e. The van der Waals surface area contributed by atoms with E-state index in [1.165, 1.54) is 45.3 Å². The van der Waals surface area contributed by atoms with Gasteiger partial charge in [0.15, 0.2) is 0 Å². The molecule has 2 unspecified atom stereocenters. The number of rotatable bonds is 2. The molecule has 2 aliphatic heterocycles. The zero-order valence-electron chi connectivity index (χ0n) is 9.50. The van der Waals surface area contributed by atoms with E-state index in [2.05, 4.69) is 17.6 Å². The Balaban J connectivity index is 0.000000980. The molecule has 2 saturated heterocycles. The lowest BCUT2D eigenvalue weighted by Gasteiger charge is -2.32. The lowest BCUT2D eigenvalue weighted by Crippen LogP contribution is -2.38. The van der Waals surface area contributed by atoms with Crippen molar-refractivity contribution in [3.8, 4) is 0 Å². The van der Waals surface area contributed by atoms with Gasteiger partial charge in [0.2, 0.25) is 0 Å². The van der Waals surface area contributed by atoms with E-state index in [1.807, 2.05) is 0 Å². The molecule has 92 valence electrons. The first-order valence-corrected chi connectivity index (χ1v) is 5.82. The maximum atomic E-state index is 3.63. The highest BCUT2D eigenvalue weighted by molar-refractivity contribution is 5.85. The minimum absolute atomic E-state index is 0. The van der Waals surface area contributed by atoms with Gasteiger partial charge in [-0.05, 0) is 57.2 Å². The molecule has 0 aromatic rings. The van der Waals surface area contributed by atoms with Crippen molar-refractivity contribution in [2.24, 2.45) is 11.8 Å². The predicted molar refractivity (Wildman–Crippen MR) is 70.3 cm³/mol. The average Bonchev–Trinajstić information content (AvgIpc) is 2.71. The van der Waals surface area contributed by atoms with Crippen molar-refractivity contribution in [3.63, 3.8) is 0 Å². The predicted octanol–water partition coefficient (Wildman–Crippen LogP) is 2.22. The van der Waals surface area contributed by atoms with Crippen LogP contribution in [0.25, 0.3) is 0 Å². The molecule has 4 heteroatoms. The molecule has 2 aliphatic rings. The maximum absolute atomic E-state index is 3.63. The molecular weight excluding hydrogens is 231 g/mol. The Labute approximate surface area is 106 Å². The van der Waals surface area contributed by atoms with E-state index in [4.69, 9.17) is 0 Å². The highest BCUT2D eigenvalue weighted by atomic mass is 35.5. The molecule has 2 fully saturated rings. The summed E-state index contributed by atoms with van der Waals surface area (Å²) in [6.45, 7) is 6.17. The SMILES string of the molecule is CC(C1CCNCC1)C1CCCN1.Cl.Cl. The van der Waals surface area contributed by atoms with Gasteiger partial charge in [0.05, 0.1) is 0 Å². The highest BCUT2D eigenvalue weighted by Gasteiger charge is 2.28. The zero-order chi connectivity index (χ0) is 9.10. The van der Waals surface area contributed by atoms with E-state index in [0.29, 0.717) is 0 Å². The Morgan fingerprint density at radius 1 is 1.00 bits per heavy atom. The number of halogens is 2. The molecular formula is C11H24Cl2N2. The lowest BCUT2D eigenvalue weighted by molar-refractivity contribution is 0.231. The van der Waals surface area contributed by atoms with E-state index in [1.54, 1.807) is 0 Å². The van der Waals surface area contributed by atoms with Gasteiger partial charge in [0.25, 0.3) is 0 Å². The fourth-order valence-corrected chi connectivity index (χ4v) is 2.86. The fourth-order valence-electron chi connectivity index (χ4n) is 2.86. The Morgan fingerprint density at radius 3 is 2.20 bits per heavy atom. The molecule has 0 amide bonds. The van der Waals surface area contributed by atoms with Crippen LogP contribution in [0.4, 0.5) is 0 Å². The van der Waals surface area contributed by atoms with Crippen molar-refractivity contribution in [1.82, 2.24) is 10.6 Å². The van der Waals surface area contributed by atoms with Gasteiger partial charge in [-0.1, -0.05) is 6.92 Å². The summed E-state index contributed by atoms with van der Waals surface area (Å²) in [6, 6.07) is 0.822. The van der Waals surface area contributed by atoms with Gasteiger partial charge in [-0.15, -0.1) is 24.8 Å². The second-order valence-corrected chi connectivity index (χ2v) is 4.65. The van der Waals surface area contributed by atoms with Crippen molar-refractivity contribution >= 4 is 24.8 Å². The second-order valence-electron chi connectivity index (χ2n) is 4.65. The summed E-state index contributed by atoms with van der Waals surface area (Å²) >= 11 is 0. The number of hydrogen-bond acceptors (Lipinski definition) is 2. The second kappa shape index (κ2) is 7.72. The Morgan fingerprint density at radius 2 is 1.67 bits per heavy atom. The summed E-state index contributed by atoms with van der Waals surface area (Å²) < 4.78 is 0. The molecule has 2 rings (SSSR count). The summed E-state index contributed by atoms with van der Waals surface area (Å²) in [6.07, 6.45) is 5.57. The Bertz CT molecular complexity index is 155. The number of nitrogens with one attached hydrogen (secondary N) is 2. The maximum Gasteiger partial charge on any atom is 0.00958 e. The quantitative estimate of drug-likeness (QED) is 0.790. The molecule has 0 aliphatic carbocycles. The molecule has 2 nitrogen and oxygen atoms in total. The van der Waals surface area contributed by atoms with E-state index >= 15 is 0 Å². The van der Waals surface area contributed by atoms with Gasteiger partial charge in [-0.25, -0.2) is 0 Å². The van der Waals surface area contributed by atoms with Crippen molar-refractivity contribution in [2.45, 2.75) is 38.6 Å². The monoisotopic (exact) mass is 254 g/mol. The van der Waals surface area contributed by atoms with E-state index in [9.17, 15) is 0 Å². The molecule has 2 heterocycles. The largest absolute Gasteiger partial charge is 0.317 e. The van der Waals surface area contributed by atoms with Crippen molar-refractivity contribution in [3.05, 3.63) is 0 Å². The van der Waals surface area contributed by atoms with Crippen LogP contribution in [0.15, 0.2) is 0 Å². The minimum Gasteiger partial charge on any atom is -0.317 e. The van der Waals surface area contributed by atoms with Gasteiger partial charge >= 0.3 is 0 Å².